The SMILES string of the molecule is C(C=C1SC2=C(S1)Sc1cocc1S2)=C1SC2=C(SCCS2)S1. The van der Waals surface area contributed by atoms with Crippen molar-refractivity contribution in [1.82, 2.24) is 0 Å². The van der Waals surface area contributed by atoms with E-state index in [-0.39, 0.29) is 0 Å². The predicted molar refractivity (Wildman–Crippen MR) is 116 cm³/mol. The van der Waals surface area contributed by atoms with E-state index in [9.17, 15) is 0 Å². The smallest absolute Gasteiger partial charge is 0.105 e. The van der Waals surface area contributed by atoms with E-state index in [1.807, 2.05) is 107 Å². The molecule has 0 bridgehead atoms. The highest BCUT2D eigenvalue weighted by Gasteiger charge is 2.29. The molecule has 4 aliphatic rings. The first-order chi connectivity index (χ1) is 11.3. The molecular formula is C14H8OS8. The number of allylic oxidation sites excluding steroid dienone is 2. The van der Waals surface area contributed by atoms with Crippen molar-refractivity contribution in [3.63, 3.8) is 0 Å². The molecule has 0 aliphatic carbocycles. The first kappa shape index (κ1) is 16.2. The zero-order valence-corrected chi connectivity index (χ0v) is 17.9. The van der Waals surface area contributed by atoms with Crippen LogP contribution in [0.25, 0.3) is 0 Å². The Morgan fingerprint density at radius 3 is 1.65 bits per heavy atom. The minimum absolute atomic E-state index is 1.24. The summed E-state index contributed by atoms with van der Waals surface area (Å²) in [5, 5.41) is 0. The zero-order valence-electron chi connectivity index (χ0n) is 11.4. The molecule has 4 aliphatic heterocycles. The summed E-state index contributed by atoms with van der Waals surface area (Å²) >= 11 is 15.3. The van der Waals surface area contributed by atoms with Gasteiger partial charge in [0.25, 0.3) is 0 Å². The highest BCUT2D eigenvalue weighted by atomic mass is 32.3. The molecule has 0 N–H and O–H groups in total. The Morgan fingerprint density at radius 2 is 1.13 bits per heavy atom. The van der Waals surface area contributed by atoms with Crippen LogP contribution in [-0.4, -0.2) is 11.5 Å². The van der Waals surface area contributed by atoms with Crippen LogP contribution in [0, 0.1) is 0 Å². The standard InChI is InChI=1S/C14H8OS8/c1(9-20-11-12(21-9)17-4-3-16-11)2-10-22-13-14(23-10)19-8-6-15-5-7(8)18-13/h1-2,5-6H,3-4H2. The van der Waals surface area contributed by atoms with Crippen LogP contribution in [0.15, 0.2) is 64.3 Å². The zero-order chi connectivity index (χ0) is 15.2. The van der Waals surface area contributed by atoms with Crippen molar-refractivity contribution in [1.29, 1.82) is 0 Å². The van der Waals surface area contributed by atoms with E-state index in [1.54, 1.807) is 0 Å². The van der Waals surface area contributed by atoms with Gasteiger partial charge in [-0.1, -0.05) is 70.6 Å². The summed E-state index contributed by atoms with van der Waals surface area (Å²) in [4.78, 5) is 2.49. The maximum Gasteiger partial charge on any atom is 0.105 e. The summed E-state index contributed by atoms with van der Waals surface area (Å²) in [6.07, 6.45) is 8.28. The minimum Gasteiger partial charge on any atom is -0.470 e. The van der Waals surface area contributed by atoms with Crippen LogP contribution in [0.1, 0.15) is 0 Å². The summed E-state index contributed by atoms with van der Waals surface area (Å²) in [5.41, 5.74) is 0. The molecule has 0 atom stereocenters. The fourth-order valence-electron chi connectivity index (χ4n) is 2.04. The number of rotatable bonds is 1. The van der Waals surface area contributed by atoms with E-state index >= 15 is 0 Å². The van der Waals surface area contributed by atoms with E-state index in [0.29, 0.717) is 0 Å². The topological polar surface area (TPSA) is 13.1 Å². The summed E-state index contributed by atoms with van der Waals surface area (Å²) in [6, 6.07) is 0. The van der Waals surface area contributed by atoms with Gasteiger partial charge in [0.05, 0.1) is 35.2 Å². The van der Waals surface area contributed by atoms with Gasteiger partial charge in [0.2, 0.25) is 0 Å². The van der Waals surface area contributed by atoms with Crippen molar-refractivity contribution in [3.8, 4) is 0 Å². The number of thioether (sulfide) groups is 8. The van der Waals surface area contributed by atoms with Gasteiger partial charge < -0.3 is 4.42 Å². The van der Waals surface area contributed by atoms with E-state index in [1.165, 1.54) is 46.7 Å². The summed E-state index contributed by atoms with van der Waals surface area (Å²) in [5.74, 6) is 2.50. The van der Waals surface area contributed by atoms with Crippen molar-refractivity contribution < 1.29 is 4.42 Å². The van der Waals surface area contributed by atoms with Crippen LogP contribution in [0.5, 0.6) is 0 Å². The molecule has 0 radical (unpaired) electrons. The average molecular weight is 449 g/mol. The Balaban J connectivity index is 1.28. The molecule has 0 fully saturated rings. The highest BCUT2D eigenvalue weighted by Crippen LogP contribution is 2.64. The van der Waals surface area contributed by atoms with Crippen LogP contribution in [-0.2, 0) is 0 Å². The molecule has 1 nitrogen and oxygen atoms in total. The minimum atomic E-state index is 1.24. The maximum atomic E-state index is 5.30. The second-order valence-corrected chi connectivity index (χ2v) is 14.6. The van der Waals surface area contributed by atoms with E-state index in [2.05, 4.69) is 12.2 Å². The van der Waals surface area contributed by atoms with Gasteiger partial charge in [0.15, 0.2) is 0 Å². The van der Waals surface area contributed by atoms with Crippen LogP contribution in [0.4, 0.5) is 0 Å². The Labute approximate surface area is 168 Å². The molecule has 0 aromatic carbocycles. The number of furan rings is 1. The van der Waals surface area contributed by atoms with Gasteiger partial charge in [-0.25, -0.2) is 0 Å². The molecule has 1 aromatic heterocycles. The van der Waals surface area contributed by atoms with Crippen molar-refractivity contribution in [2.24, 2.45) is 0 Å². The largest absolute Gasteiger partial charge is 0.470 e. The summed E-state index contributed by atoms with van der Waals surface area (Å²) in [6.45, 7) is 0. The van der Waals surface area contributed by atoms with Crippen molar-refractivity contribution in [2.75, 3.05) is 11.5 Å². The van der Waals surface area contributed by atoms with Gasteiger partial charge in [-0.05, 0) is 12.2 Å². The van der Waals surface area contributed by atoms with Crippen LogP contribution in [0.3, 0.4) is 0 Å². The molecule has 118 valence electrons. The van der Waals surface area contributed by atoms with E-state index < -0.39 is 0 Å². The molecule has 1 aromatic rings. The van der Waals surface area contributed by atoms with Gasteiger partial charge in [-0.2, -0.15) is 0 Å². The first-order valence-corrected chi connectivity index (χ1v) is 13.5. The van der Waals surface area contributed by atoms with Gasteiger partial charge >= 0.3 is 0 Å². The molecule has 23 heavy (non-hydrogen) atoms. The lowest BCUT2D eigenvalue weighted by Crippen LogP contribution is -1.88. The molecule has 0 amide bonds. The van der Waals surface area contributed by atoms with Gasteiger partial charge in [0, 0.05) is 11.5 Å². The highest BCUT2D eigenvalue weighted by molar-refractivity contribution is 8.42. The second-order valence-electron chi connectivity index (χ2n) is 4.53. The van der Waals surface area contributed by atoms with Crippen molar-refractivity contribution in [2.45, 2.75) is 9.79 Å². The molecule has 0 unspecified atom stereocenters. The van der Waals surface area contributed by atoms with Crippen molar-refractivity contribution >= 4 is 94.1 Å². The third kappa shape index (κ3) is 3.37. The third-order valence-electron chi connectivity index (χ3n) is 3.01. The molecule has 0 saturated carbocycles. The number of fused-ring (bicyclic) bond motifs is 1. The monoisotopic (exact) mass is 448 g/mol. The maximum absolute atomic E-state index is 5.30. The first-order valence-electron chi connectivity index (χ1n) is 6.64. The number of hydrogen-bond acceptors (Lipinski definition) is 9. The van der Waals surface area contributed by atoms with Gasteiger partial charge in [-0.3, -0.25) is 0 Å². The summed E-state index contributed by atoms with van der Waals surface area (Å²) in [7, 11) is 0. The second kappa shape index (κ2) is 6.98. The van der Waals surface area contributed by atoms with Gasteiger partial charge in [-0.15, -0.1) is 23.5 Å². The van der Waals surface area contributed by atoms with E-state index in [4.69, 9.17) is 4.42 Å². The lowest BCUT2D eigenvalue weighted by atomic mass is 10.6. The summed E-state index contributed by atoms with van der Waals surface area (Å²) < 4.78 is 13.9. The normalized spacial score (nSPS) is 23.1. The van der Waals surface area contributed by atoms with E-state index in [0.717, 1.165) is 0 Å². The molecule has 5 heterocycles. The lowest BCUT2D eigenvalue weighted by Gasteiger charge is -2.09. The lowest BCUT2D eigenvalue weighted by molar-refractivity contribution is 0.558. The van der Waals surface area contributed by atoms with Crippen LogP contribution in [0.2, 0.25) is 0 Å². The Kier molecular flexibility index (Phi) is 4.93. The van der Waals surface area contributed by atoms with Crippen molar-refractivity contribution in [3.05, 3.63) is 50.1 Å². The average Bonchev–Trinajstić information content (AvgIpc) is 3.26. The number of hydrogen-bond donors (Lipinski definition) is 0. The fraction of sp³-hybridized carbons (Fsp3) is 0.143. The Morgan fingerprint density at radius 1 is 0.652 bits per heavy atom. The van der Waals surface area contributed by atoms with Crippen LogP contribution >= 0.6 is 94.1 Å². The molecule has 0 saturated heterocycles. The fourth-order valence-corrected chi connectivity index (χ4v) is 13.3. The molecule has 9 heteroatoms. The predicted octanol–water partition coefficient (Wildman–Crippen LogP) is 7.85. The molecule has 5 rings (SSSR count). The molecular weight excluding hydrogens is 441 g/mol. The third-order valence-corrected chi connectivity index (χ3v) is 14.1. The Hall–Kier alpha value is 1.04. The van der Waals surface area contributed by atoms with Crippen LogP contribution < -0.4 is 0 Å². The quantitative estimate of drug-likeness (QED) is 0.422. The Bertz CT molecular complexity index is 745. The van der Waals surface area contributed by atoms with Gasteiger partial charge in [0.1, 0.15) is 12.5 Å². The molecule has 0 spiro atoms.